The van der Waals surface area contributed by atoms with Crippen molar-refractivity contribution < 1.29 is 10.2 Å². The number of rotatable bonds is 2. The molecule has 0 bridgehead atoms. The van der Waals surface area contributed by atoms with Crippen LogP contribution in [0.15, 0.2) is 12.1 Å². The summed E-state index contributed by atoms with van der Waals surface area (Å²) in [6.45, 7) is 15.5. The Labute approximate surface area is 141 Å². The molecule has 1 aliphatic rings. The van der Waals surface area contributed by atoms with Gasteiger partial charge in [0.15, 0.2) is 0 Å². The van der Waals surface area contributed by atoms with E-state index in [0.29, 0.717) is 5.75 Å². The second-order valence-electron chi connectivity index (χ2n) is 9.07. The van der Waals surface area contributed by atoms with Gasteiger partial charge in [0, 0.05) is 13.1 Å². The lowest BCUT2D eigenvalue weighted by atomic mass is 9.78. The predicted molar refractivity (Wildman–Crippen MR) is 96.0 cm³/mol. The van der Waals surface area contributed by atoms with Crippen LogP contribution in [0, 0.1) is 0 Å². The number of hydrogen-bond acceptors (Lipinski definition) is 3. The van der Waals surface area contributed by atoms with Crippen molar-refractivity contribution in [2.24, 2.45) is 0 Å². The van der Waals surface area contributed by atoms with E-state index in [-0.39, 0.29) is 16.9 Å². The van der Waals surface area contributed by atoms with Crippen molar-refractivity contribution in [1.82, 2.24) is 4.90 Å². The van der Waals surface area contributed by atoms with Crippen molar-refractivity contribution in [3.8, 4) is 5.75 Å². The van der Waals surface area contributed by atoms with E-state index in [2.05, 4.69) is 58.6 Å². The van der Waals surface area contributed by atoms with Gasteiger partial charge < -0.3 is 10.2 Å². The molecule has 1 aromatic carbocycles. The van der Waals surface area contributed by atoms with Crippen molar-refractivity contribution in [2.75, 3.05) is 13.1 Å². The van der Waals surface area contributed by atoms with Gasteiger partial charge in [0.05, 0.1) is 6.10 Å². The van der Waals surface area contributed by atoms with Crippen LogP contribution in [0.2, 0.25) is 0 Å². The van der Waals surface area contributed by atoms with Gasteiger partial charge in [0.2, 0.25) is 0 Å². The van der Waals surface area contributed by atoms with Crippen LogP contribution >= 0.6 is 0 Å². The SMILES string of the molecule is CC(C)(C)c1cc(CN2CCC[C@@H](O)C2)cc(C(C)(C)C)c1O. The highest BCUT2D eigenvalue weighted by Gasteiger charge is 2.27. The molecule has 0 saturated carbocycles. The molecule has 1 aromatic rings. The molecular formula is C20H33NO2. The average Bonchev–Trinajstić information content (AvgIpc) is 2.38. The molecule has 2 rings (SSSR count). The third-order valence-electron chi connectivity index (χ3n) is 4.67. The second-order valence-corrected chi connectivity index (χ2v) is 9.07. The van der Waals surface area contributed by atoms with Crippen LogP contribution in [0.5, 0.6) is 5.75 Å². The zero-order valence-electron chi connectivity index (χ0n) is 15.6. The molecule has 1 fully saturated rings. The number of nitrogens with zero attached hydrogens (tertiary/aromatic N) is 1. The van der Waals surface area contributed by atoms with Gasteiger partial charge in [-0.3, -0.25) is 4.90 Å². The van der Waals surface area contributed by atoms with Gasteiger partial charge >= 0.3 is 0 Å². The second kappa shape index (κ2) is 6.45. The Balaban J connectivity index is 2.39. The monoisotopic (exact) mass is 319 g/mol. The minimum atomic E-state index is -0.204. The van der Waals surface area contributed by atoms with Crippen molar-refractivity contribution in [2.45, 2.75) is 77.9 Å². The van der Waals surface area contributed by atoms with Crippen molar-refractivity contribution in [1.29, 1.82) is 0 Å². The summed E-state index contributed by atoms with van der Waals surface area (Å²) in [6, 6.07) is 4.29. The van der Waals surface area contributed by atoms with E-state index in [1.54, 1.807) is 0 Å². The lowest BCUT2D eigenvalue weighted by molar-refractivity contribution is 0.0668. The Morgan fingerprint density at radius 3 is 2.00 bits per heavy atom. The summed E-state index contributed by atoms with van der Waals surface area (Å²) in [4.78, 5) is 2.32. The topological polar surface area (TPSA) is 43.7 Å². The fourth-order valence-electron chi connectivity index (χ4n) is 3.36. The first kappa shape index (κ1) is 18.3. The standard InChI is InChI=1S/C20H33NO2/c1-19(2,3)16-10-14(11-17(18(16)23)20(4,5)6)12-21-9-7-8-15(22)13-21/h10-11,15,22-23H,7-9,12-13H2,1-6H3/t15-/m1/s1. The van der Waals surface area contributed by atoms with Crippen LogP contribution in [0.3, 0.4) is 0 Å². The lowest BCUT2D eigenvalue weighted by Crippen LogP contribution is -2.37. The van der Waals surface area contributed by atoms with Crippen molar-refractivity contribution in [3.05, 3.63) is 28.8 Å². The molecule has 0 spiro atoms. The maximum Gasteiger partial charge on any atom is 0.123 e. The van der Waals surface area contributed by atoms with Crippen LogP contribution in [-0.4, -0.2) is 34.3 Å². The zero-order valence-corrected chi connectivity index (χ0v) is 15.6. The Kier molecular flexibility index (Phi) is 5.12. The van der Waals surface area contributed by atoms with Gasteiger partial charge in [-0.1, -0.05) is 53.7 Å². The molecule has 0 aromatic heterocycles. The summed E-state index contributed by atoms with van der Waals surface area (Å²) in [6.07, 6.45) is 1.76. The molecule has 1 saturated heterocycles. The molecule has 0 aliphatic carbocycles. The number of phenols is 1. The minimum Gasteiger partial charge on any atom is -0.507 e. The van der Waals surface area contributed by atoms with E-state index >= 15 is 0 Å². The third-order valence-corrected chi connectivity index (χ3v) is 4.67. The highest BCUT2D eigenvalue weighted by atomic mass is 16.3. The molecule has 1 atom stereocenters. The molecule has 0 unspecified atom stereocenters. The average molecular weight is 319 g/mol. The molecule has 0 amide bonds. The summed E-state index contributed by atoms with van der Waals surface area (Å²) < 4.78 is 0. The number of aliphatic hydroxyl groups is 1. The van der Waals surface area contributed by atoms with Crippen molar-refractivity contribution in [3.63, 3.8) is 0 Å². The summed E-state index contributed by atoms with van der Waals surface area (Å²) >= 11 is 0. The molecule has 3 nitrogen and oxygen atoms in total. The Hall–Kier alpha value is -1.06. The van der Waals surface area contributed by atoms with E-state index in [1.807, 2.05) is 0 Å². The number of phenolic OH excluding ortho intramolecular Hbond substituents is 1. The van der Waals surface area contributed by atoms with Gasteiger partial charge in [-0.15, -0.1) is 0 Å². The molecule has 2 N–H and O–H groups in total. The summed E-state index contributed by atoms with van der Waals surface area (Å²) in [5.74, 6) is 0.437. The van der Waals surface area contributed by atoms with E-state index < -0.39 is 0 Å². The number of piperidine rings is 1. The molecule has 23 heavy (non-hydrogen) atoms. The Morgan fingerprint density at radius 1 is 1.04 bits per heavy atom. The maximum atomic E-state index is 10.8. The predicted octanol–water partition coefficient (Wildman–Crippen LogP) is 3.94. The van der Waals surface area contributed by atoms with Gasteiger partial charge in [-0.25, -0.2) is 0 Å². The number of β-amino-alcohol motifs (C(OH)–C–C–N with tert-alkyl or cyclic N) is 1. The van der Waals surface area contributed by atoms with Crippen LogP contribution in [0.25, 0.3) is 0 Å². The Bertz CT molecular complexity index is 517. The fourth-order valence-corrected chi connectivity index (χ4v) is 3.36. The van der Waals surface area contributed by atoms with E-state index in [0.717, 1.165) is 43.6 Å². The largest absolute Gasteiger partial charge is 0.507 e. The molecule has 3 heteroatoms. The summed E-state index contributed by atoms with van der Waals surface area (Å²) in [5.41, 5.74) is 3.06. The number of benzene rings is 1. The molecule has 1 aliphatic heterocycles. The quantitative estimate of drug-likeness (QED) is 0.867. The maximum absolute atomic E-state index is 10.8. The van der Waals surface area contributed by atoms with E-state index in [4.69, 9.17) is 0 Å². The Morgan fingerprint density at radius 2 is 1.57 bits per heavy atom. The zero-order chi connectivity index (χ0) is 17.4. The minimum absolute atomic E-state index is 0.0957. The normalized spacial score (nSPS) is 20.7. The molecular weight excluding hydrogens is 286 g/mol. The molecule has 130 valence electrons. The van der Waals surface area contributed by atoms with Crippen LogP contribution in [-0.2, 0) is 17.4 Å². The molecule has 0 radical (unpaired) electrons. The number of aromatic hydroxyl groups is 1. The summed E-state index contributed by atoms with van der Waals surface area (Å²) in [7, 11) is 0. The highest BCUT2D eigenvalue weighted by molar-refractivity contribution is 5.49. The van der Waals surface area contributed by atoms with Gasteiger partial charge in [-0.2, -0.15) is 0 Å². The molecule has 1 heterocycles. The fraction of sp³-hybridized carbons (Fsp3) is 0.700. The number of aliphatic hydroxyl groups excluding tert-OH is 1. The van der Waals surface area contributed by atoms with E-state index in [1.165, 1.54) is 5.56 Å². The first-order valence-corrected chi connectivity index (χ1v) is 8.76. The van der Waals surface area contributed by atoms with Gasteiger partial charge in [-0.05, 0) is 46.9 Å². The van der Waals surface area contributed by atoms with Gasteiger partial charge in [0.1, 0.15) is 5.75 Å². The highest BCUT2D eigenvalue weighted by Crippen LogP contribution is 2.40. The lowest BCUT2D eigenvalue weighted by Gasteiger charge is -2.32. The first-order valence-electron chi connectivity index (χ1n) is 8.76. The number of likely N-dealkylation sites (tertiary alicyclic amines) is 1. The van der Waals surface area contributed by atoms with Gasteiger partial charge in [0.25, 0.3) is 0 Å². The smallest absolute Gasteiger partial charge is 0.123 e. The third kappa shape index (κ3) is 4.48. The van der Waals surface area contributed by atoms with E-state index in [9.17, 15) is 10.2 Å². The van der Waals surface area contributed by atoms with Crippen molar-refractivity contribution >= 4 is 0 Å². The van der Waals surface area contributed by atoms with Crippen LogP contribution in [0.4, 0.5) is 0 Å². The van der Waals surface area contributed by atoms with Crippen LogP contribution < -0.4 is 0 Å². The van der Waals surface area contributed by atoms with Crippen LogP contribution in [0.1, 0.15) is 71.1 Å². The summed E-state index contributed by atoms with van der Waals surface area (Å²) in [5, 5.41) is 20.7. The number of hydrogen-bond donors (Lipinski definition) is 2. The first-order chi connectivity index (χ1) is 10.5.